The Morgan fingerprint density at radius 2 is 1.88 bits per heavy atom. The summed E-state index contributed by atoms with van der Waals surface area (Å²) in [7, 11) is -6.99. The largest absolute Gasteiger partial charge is 0.491 e. The van der Waals surface area contributed by atoms with Crippen LogP contribution in [0.5, 0.6) is 5.75 Å². The third-order valence-electron chi connectivity index (χ3n) is 7.68. The minimum Gasteiger partial charge on any atom is -0.491 e. The van der Waals surface area contributed by atoms with Gasteiger partial charge in [0.1, 0.15) is 23.4 Å². The summed E-state index contributed by atoms with van der Waals surface area (Å²) in [5.41, 5.74) is 0.364. The van der Waals surface area contributed by atoms with E-state index < -0.39 is 31.6 Å². The van der Waals surface area contributed by atoms with E-state index in [0.717, 1.165) is 17.3 Å². The van der Waals surface area contributed by atoms with Gasteiger partial charge in [-0.15, -0.1) is 0 Å². The van der Waals surface area contributed by atoms with E-state index in [1.807, 2.05) is 24.3 Å². The molecule has 0 saturated carbocycles. The number of sulfonamides is 1. The molecule has 40 heavy (non-hydrogen) atoms. The van der Waals surface area contributed by atoms with E-state index in [-0.39, 0.29) is 34.7 Å². The molecule has 2 N–H and O–H groups in total. The summed E-state index contributed by atoms with van der Waals surface area (Å²) in [5, 5.41) is 14.5. The third-order valence-corrected chi connectivity index (χ3v) is 11.3. The Kier molecular flexibility index (Phi) is 8.46. The van der Waals surface area contributed by atoms with E-state index >= 15 is 0 Å². The van der Waals surface area contributed by atoms with E-state index in [9.17, 15) is 21.9 Å². The first kappa shape index (κ1) is 28.9. The highest BCUT2D eigenvalue weighted by Gasteiger charge is 2.44. The number of hydrogen-bond donors (Lipinski definition) is 2. The van der Waals surface area contributed by atoms with Gasteiger partial charge in [0.05, 0.1) is 28.4 Å². The zero-order valence-electron chi connectivity index (χ0n) is 22.4. The van der Waals surface area contributed by atoms with Crippen molar-refractivity contribution in [3.05, 3.63) is 60.8 Å². The lowest BCUT2D eigenvalue weighted by atomic mass is 9.88. The molecule has 216 valence electrons. The second kappa shape index (κ2) is 11.7. The van der Waals surface area contributed by atoms with Crippen molar-refractivity contribution < 1.29 is 31.4 Å². The molecular weight excluding hydrogens is 554 g/mol. The van der Waals surface area contributed by atoms with Gasteiger partial charge in [-0.3, -0.25) is 4.98 Å². The highest BCUT2D eigenvalue weighted by Crippen LogP contribution is 2.37. The van der Waals surface area contributed by atoms with Crippen molar-refractivity contribution >= 4 is 30.8 Å². The molecule has 2 fully saturated rings. The molecule has 0 bridgehead atoms. The van der Waals surface area contributed by atoms with Gasteiger partial charge in [-0.1, -0.05) is 31.2 Å². The lowest BCUT2D eigenvalue weighted by Crippen LogP contribution is -2.47. The van der Waals surface area contributed by atoms with E-state index in [4.69, 9.17) is 9.47 Å². The first-order chi connectivity index (χ1) is 19.1. The monoisotopic (exact) mass is 589 g/mol. The highest BCUT2D eigenvalue weighted by molar-refractivity contribution is 7.91. The number of aliphatic hydroxyl groups excluding tert-OH is 1. The Labute approximate surface area is 235 Å². The fourth-order valence-corrected chi connectivity index (χ4v) is 7.62. The van der Waals surface area contributed by atoms with E-state index in [2.05, 4.69) is 10.3 Å². The molecule has 1 spiro atoms. The molecule has 0 amide bonds. The van der Waals surface area contributed by atoms with Crippen LogP contribution in [-0.2, 0) is 24.6 Å². The number of rotatable bonds is 10. The summed E-state index contributed by atoms with van der Waals surface area (Å²) in [4.78, 5) is 4.71. The van der Waals surface area contributed by atoms with E-state index in [1.165, 1.54) is 22.6 Å². The Balaban J connectivity index is 1.09. The van der Waals surface area contributed by atoms with Crippen LogP contribution in [0.3, 0.4) is 0 Å². The van der Waals surface area contributed by atoms with Crippen LogP contribution in [0.15, 0.2) is 70.6 Å². The molecule has 2 aliphatic rings. The lowest BCUT2D eigenvalue weighted by molar-refractivity contribution is -0.0312. The van der Waals surface area contributed by atoms with Gasteiger partial charge in [-0.05, 0) is 49.6 Å². The second-order valence-corrected chi connectivity index (χ2v) is 14.6. The number of nitrogens with one attached hydrogen (secondary N) is 1. The average Bonchev–Trinajstić information content (AvgIpc) is 3.37. The Morgan fingerprint density at radius 1 is 1.10 bits per heavy atom. The van der Waals surface area contributed by atoms with E-state index in [1.54, 1.807) is 25.1 Å². The number of sulfone groups is 1. The van der Waals surface area contributed by atoms with Crippen LogP contribution < -0.4 is 10.1 Å². The normalized spacial score (nSPS) is 20.6. The van der Waals surface area contributed by atoms with E-state index in [0.29, 0.717) is 38.3 Å². The number of piperidine rings is 1. The van der Waals surface area contributed by atoms with Crippen LogP contribution in [0.1, 0.15) is 26.2 Å². The summed E-state index contributed by atoms with van der Waals surface area (Å²) in [6.07, 6.45) is 2.53. The van der Waals surface area contributed by atoms with Crippen LogP contribution in [0, 0.1) is 0 Å². The predicted octanol–water partition coefficient (Wildman–Crippen LogP) is 2.37. The van der Waals surface area contributed by atoms with Gasteiger partial charge in [0.2, 0.25) is 10.0 Å². The van der Waals surface area contributed by atoms with Crippen LogP contribution in [0.4, 0.5) is 0 Å². The zero-order chi connectivity index (χ0) is 28.4. The van der Waals surface area contributed by atoms with Crippen molar-refractivity contribution in [1.82, 2.24) is 14.6 Å². The van der Waals surface area contributed by atoms with Crippen molar-refractivity contribution in [2.45, 2.75) is 53.7 Å². The molecule has 2 aliphatic heterocycles. The van der Waals surface area contributed by atoms with Gasteiger partial charge in [0.15, 0.2) is 9.84 Å². The summed E-state index contributed by atoms with van der Waals surface area (Å²) in [5.74, 6) is 0.391. The van der Waals surface area contributed by atoms with Gasteiger partial charge in [0.25, 0.3) is 0 Å². The number of fused-ring (bicyclic) bond motifs is 1. The summed E-state index contributed by atoms with van der Waals surface area (Å²) in [6.45, 7) is 3.09. The van der Waals surface area contributed by atoms with Crippen LogP contribution in [0.25, 0.3) is 10.9 Å². The SMILES string of the molecule is CCS(=O)(=O)c1cccc(OCC(O)CN[C@H]2COC3(CCN(S(=O)(=O)c4cnc5ccccc5c4)CC3)C2)c1. The maximum absolute atomic E-state index is 13.3. The minimum absolute atomic E-state index is 0.00369. The topological polar surface area (TPSA) is 135 Å². The smallest absolute Gasteiger partial charge is 0.244 e. The van der Waals surface area contributed by atoms with Crippen LogP contribution >= 0.6 is 0 Å². The molecule has 3 heterocycles. The molecule has 2 atom stereocenters. The molecule has 2 aromatic carbocycles. The maximum atomic E-state index is 13.3. The molecule has 0 radical (unpaired) electrons. The number of pyridine rings is 1. The number of ether oxygens (including phenoxy) is 2. The highest BCUT2D eigenvalue weighted by atomic mass is 32.2. The van der Waals surface area contributed by atoms with Crippen LogP contribution in [0.2, 0.25) is 0 Å². The van der Waals surface area contributed by atoms with Gasteiger partial charge >= 0.3 is 0 Å². The summed E-state index contributed by atoms with van der Waals surface area (Å²) < 4.78 is 64.0. The minimum atomic E-state index is -3.66. The van der Waals surface area contributed by atoms with Gasteiger partial charge < -0.3 is 19.9 Å². The fourth-order valence-electron chi connectivity index (χ4n) is 5.28. The Bertz CT molecular complexity index is 1550. The third kappa shape index (κ3) is 6.32. The second-order valence-electron chi connectivity index (χ2n) is 10.4. The molecule has 5 rings (SSSR count). The first-order valence-electron chi connectivity index (χ1n) is 13.5. The molecule has 2 saturated heterocycles. The number of hydrogen-bond acceptors (Lipinski definition) is 9. The fraction of sp³-hybridized carbons (Fsp3) is 0.464. The van der Waals surface area contributed by atoms with Gasteiger partial charge in [-0.25, -0.2) is 16.8 Å². The number of aromatic nitrogens is 1. The Hall–Kier alpha value is -2.61. The van der Waals surface area contributed by atoms with Crippen molar-refractivity contribution in [2.75, 3.05) is 38.6 Å². The first-order valence-corrected chi connectivity index (χ1v) is 16.6. The maximum Gasteiger partial charge on any atom is 0.244 e. The van der Waals surface area contributed by atoms with Crippen molar-refractivity contribution in [1.29, 1.82) is 0 Å². The molecular formula is C28H35N3O7S2. The molecule has 10 nitrogen and oxygen atoms in total. The molecule has 1 unspecified atom stereocenters. The number of nitrogens with zero attached hydrogens (tertiary/aromatic N) is 2. The number of aliphatic hydroxyl groups is 1. The average molecular weight is 590 g/mol. The predicted molar refractivity (Wildman–Crippen MR) is 150 cm³/mol. The quantitative estimate of drug-likeness (QED) is 0.365. The molecule has 3 aromatic rings. The standard InChI is InChI=1S/C28H35N3O7S2/c1-2-39(33,34)25-8-5-7-24(15-25)37-20-23(32)17-29-22-16-28(38-19-22)10-12-31(13-11-28)40(35,36)26-14-21-6-3-4-9-27(21)30-18-26/h3-9,14-15,18,22-23,29,32H,2,10-13,16-17,19-20H2,1H3/t22-,23?/m1/s1. The number of para-hydroxylation sites is 1. The Morgan fingerprint density at radius 3 is 2.65 bits per heavy atom. The summed E-state index contributed by atoms with van der Waals surface area (Å²) >= 11 is 0. The molecule has 12 heteroatoms. The van der Waals surface area contributed by atoms with Gasteiger partial charge in [0, 0.05) is 37.3 Å². The van der Waals surface area contributed by atoms with Gasteiger partial charge in [-0.2, -0.15) is 4.31 Å². The number of benzene rings is 2. The van der Waals surface area contributed by atoms with Crippen molar-refractivity contribution in [2.24, 2.45) is 0 Å². The van der Waals surface area contributed by atoms with Crippen molar-refractivity contribution in [3.8, 4) is 5.75 Å². The lowest BCUT2D eigenvalue weighted by Gasteiger charge is -2.38. The van der Waals surface area contributed by atoms with Crippen LogP contribution in [-0.4, -0.2) is 87.6 Å². The molecule has 0 aliphatic carbocycles. The van der Waals surface area contributed by atoms with Crippen molar-refractivity contribution in [3.63, 3.8) is 0 Å². The zero-order valence-corrected chi connectivity index (χ0v) is 24.0. The summed E-state index contributed by atoms with van der Waals surface area (Å²) in [6, 6.07) is 15.4. The molecule has 1 aromatic heterocycles.